The van der Waals surface area contributed by atoms with Crippen LogP contribution in [0.15, 0.2) is 60.0 Å². The first-order valence-corrected chi connectivity index (χ1v) is 13.0. The molecule has 1 heterocycles. The molecule has 8 heteroatoms. The van der Waals surface area contributed by atoms with E-state index in [9.17, 15) is 14.0 Å². The van der Waals surface area contributed by atoms with Crippen LogP contribution in [0.2, 0.25) is 0 Å². The van der Waals surface area contributed by atoms with Crippen molar-refractivity contribution < 1.29 is 23.5 Å². The fourth-order valence-corrected chi connectivity index (χ4v) is 5.35. The summed E-state index contributed by atoms with van der Waals surface area (Å²) in [5, 5.41) is 5.09. The van der Waals surface area contributed by atoms with E-state index >= 15 is 0 Å². The number of ether oxygens (including phenoxy) is 2. The summed E-state index contributed by atoms with van der Waals surface area (Å²) in [7, 11) is 3.07. The van der Waals surface area contributed by atoms with Crippen LogP contribution in [-0.2, 0) is 16.0 Å². The van der Waals surface area contributed by atoms with E-state index in [-0.39, 0.29) is 24.3 Å². The summed E-state index contributed by atoms with van der Waals surface area (Å²) in [4.78, 5) is 30.0. The van der Waals surface area contributed by atoms with E-state index in [0.717, 1.165) is 37.0 Å². The molecule has 1 aromatic heterocycles. The standard InChI is InChI=1S/C28H31FN2O4S/c1-34-24-15-10-19(17-25(24)35-2)27(28(33)30-21-7-4-3-5-8-21)31(22-13-11-20(29)12-14-22)26(32)18-23-9-6-16-36-23/h6,9-17,21,27H,3-5,7-8,18H2,1-2H3,(H,30,33). The lowest BCUT2D eigenvalue weighted by atomic mass is 9.94. The van der Waals surface area contributed by atoms with Crippen molar-refractivity contribution in [3.8, 4) is 11.5 Å². The van der Waals surface area contributed by atoms with Crippen molar-refractivity contribution in [3.63, 3.8) is 0 Å². The predicted molar refractivity (Wildman–Crippen MR) is 139 cm³/mol. The fraction of sp³-hybridized carbons (Fsp3) is 0.357. The van der Waals surface area contributed by atoms with Gasteiger partial charge in [-0.1, -0.05) is 31.4 Å². The number of amides is 2. The maximum atomic E-state index is 13.9. The summed E-state index contributed by atoms with van der Waals surface area (Å²) in [6.45, 7) is 0. The van der Waals surface area contributed by atoms with Gasteiger partial charge in [-0.2, -0.15) is 0 Å². The minimum Gasteiger partial charge on any atom is -0.493 e. The maximum Gasteiger partial charge on any atom is 0.248 e. The lowest BCUT2D eigenvalue weighted by Gasteiger charge is -2.33. The number of methoxy groups -OCH3 is 2. The predicted octanol–water partition coefficient (Wildman–Crippen LogP) is 5.67. The molecule has 0 bridgehead atoms. The second-order valence-corrected chi connectivity index (χ2v) is 9.89. The number of carbonyl (C=O) groups is 2. The molecule has 1 unspecified atom stereocenters. The highest BCUT2D eigenvalue weighted by atomic mass is 32.1. The number of hydrogen-bond acceptors (Lipinski definition) is 5. The van der Waals surface area contributed by atoms with Gasteiger partial charge in [-0.05, 0) is 66.2 Å². The molecule has 1 atom stereocenters. The number of nitrogens with one attached hydrogen (secondary N) is 1. The number of anilines is 1. The summed E-state index contributed by atoms with van der Waals surface area (Å²) in [5.41, 5.74) is 1.02. The van der Waals surface area contributed by atoms with Gasteiger partial charge < -0.3 is 14.8 Å². The average molecular weight is 511 g/mol. The first-order valence-electron chi connectivity index (χ1n) is 12.1. The Morgan fingerprint density at radius 2 is 1.75 bits per heavy atom. The molecule has 2 aromatic carbocycles. The van der Waals surface area contributed by atoms with Gasteiger partial charge in [-0.15, -0.1) is 11.3 Å². The second-order valence-electron chi connectivity index (χ2n) is 8.86. The van der Waals surface area contributed by atoms with Gasteiger partial charge in [0.1, 0.15) is 11.9 Å². The molecule has 0 radical (unpaired) electrons. The van der Waals surface area contributed by atoms with E-state index < -0.39 is 11.9 Å². The number of benzene rings is 2. The van der Waals surface area contributed by atoms with Gasteiger partial charge in [0, 0.05) is 16.6 Å². The summed E-state index contributed by atoms with van der Waals surface area (Å²) in [6, 6.07) is 13.7. The van der Waals surface area contributed by atoms with E-state index in [0.29, 0.717) is 22.7 Å². The second kappa shape index (κ2) is 12.0. The molecule has 36 heavy (non-hydrogen) atoms. The van der Waals surface area contributed by atoms with E-state index in [4.69, 9.17) is 9.47 Å². The van der Waals surface area contributed by atoms with Crippen LogP contribution < -0.4 is 19.7 Å². The summed E-state index contributed by atoms with van der Waals surface area (Å²) in [5.74, 6) is 0.0144. The van der Waals surface area contributed by atoms with Crippen molar-refractivity contribution >= 4 is 28.8 Å². The average Bonchev–Trinajstić information content (AvgIpc) is 3.41. The molecule has 190 valence electrons. The Morgan fingerprint density at radius 1 is 1.03 bits per heavy atom. The lowest BCUT2D eigenvalue weighted by Crippen LogP contribution is -2.47. The number of carbonyl (C=O) groups excluding carboxylic acids is 2. The molecule has 1 N–H and O–H groups in total. The van der Waals surface area contributed by atoms with E-state index in [1.54, 1.807) is 25.3 Å². The molecule has 1 aliphatic rings. The van der Waals surface area contributed by atoms with Crippen molar-refractivity contribution in [2.24, 2.45) is 0 Å². The van der Waals surface area contributed by atoms with Crippen LogP contribution in [0.25, 0.3) is 0 Å². The van der Waals surface area contributed by atoms with Gasteiger partial charge in [-0.25, -0.2) is 4.39 Å². The quantitative estimate of drug-likeness (QED) is 0.403. The van der Waals surface area contributed by atoms with Gasteiger partial charge in [0.2, 0.25) is 11.8 Å². The molecule has 1 aliphatic carbocycles. The molecule has 6 nitrogen and oxygen atoms in total. The summed E-state index contributed by atoms with van der Waals surface area (Å²) >= 11 is 1.48. The van der Waals surface area contributed by atoms with Gasteiger partial charge in [0.05, 0.1) is 20.6 Å². The zero-order valence-electron chi connectivity index (χ0n) is 20.5. The highest BCUT2D eigenvalue weighted by molar-refractivity contribution is 7.10. The maximum absolute atomic E-state index is 13.9. The Kier molecular flexibility index (Phi) is 8.59. The third-order valence-electron chi connectivity index (χ3n) is 6.46. The minimum atomic E-state index is -0.982. The van der Waals surface area contributed by atoms with Gasteiger partial charge in [0.15, 0.2) is 11.5 Å². The normalized spacial score (nSPS) is 14.6. The van der Waals surface area contributed by atoms with Gasteiger partial charge in [-0.3, -0.25) is 14.5 Å². The third-order valence-corrected chi connectivity index (χ3v) is 7.34. The van der Waals surface area contributed by atoms with Crippen molar-refractivity contribution in [2.45, 2.75) is 50.6 Å². The molecule has 2 amide bonds. The summed E-state index contributed by atoms with van der Waals surface area (Å²) < 4.78 is 24.7. The molecule has 3 aromatic rings. The number of rotatable bonds is 9. The number of thiophene rings is 1. The van der Waals surface area contributed by atoms with Crippen molar-refractivity contribution in [2.75, 3.05) is 19.1 Å². The zero-order chi connectivity index (χ0) is 25.5. The van der Waals surface area contributed by atoms with Crippen molar-refractivity contribution in [1.82, 2.24) is 5.32 Å². The topological polar surface area (TPSA) is 67.9 Å². The molecule has 0 saturated heterocycles. The van der Waals surface area contributed by atoms with Gasteiger partial charge >= 0.3 is 0 Å². The Hall–Kier alpha value is -3.39. The molecular weight excluding hydrogens is 479 g/mol. The Morgan fingerprint density at radius 3 is 2.39 bits per heavy atom. The van der Waals surface area contributed by atoms with Crippen LogP contribution in [0, 0.1) is 5.82 Å². The molecule has 1 fully saturated rings. The van der Waals surface area contributed by atoms with Crippen LogP contribution in [0.4, 0.5) is 10.1 Å². The zero-order valence-corrected chi connectivity index (χ0v) is 21.4. The minimum absolute atomic E-state index is 0.0522. The van der Waals surface area contributed by atoms with Crippen LogP contribution in [0.3, 0.4) is 0 Å². The number of hydrogen-bond donors (Lipinski definition) is 1. The van der Waals surface area contributed by atoms with Crippen LogP contribution in [-0.4, -0.2) is 32.1 Å². The highest BCUT2D eigenvalue weighted by Gasteiger charge is 2.34. The lowest BCUT2D eigenvalue weighted by molar-refractivity contribution is -0.127. The molecule has 1 saturated carbocycles. The SMILES string of the molecule is COc1ccc(C(C(=O)NC2CCCCC2)N(C(=O)Cc2cccs2)c2ccc(F)cc2)cc1OC. The summed E-state index contributed by atoms with van der Waals surface area (Å²) in [6.07, 6.45) is 5.21. The Labute approximate surface area is 215 Å². The first kappa shape index (κ1) is 25.7. The van der Waals surface area contributed by atoms with E-state index in [1.807, 2.05) is 17.5 Å². The molecule has 0 spiro atoms. The Balaban J connectivity index is 1.79. The smallest absolute Gasteiger partial charge is 0.248 e. The van der Waals surface area contributed by atoms with Crippen molar-refractivity contribution in [3.05, 3.63) is 76.2 Å². The van der Waals surface area contributed by atoms with E-state index in [1.165, 1.54) is 47.6 Å². The first-order chi connectivity index (χ1) is 17.5. The Bertz CT molecular complexity index is 1160. The third kappa shape index (κ3) is 6.05. The largest absolute Gasteiger partial charge is 0.493 e. The monoisotopic (exact) mass is 510 g/mol. The number of nitrogens with zero attached hydrogens (tertiary/aromatic N) is 1. The van der Waals surface area contributed by atoms with Crippen LogP contribution >= 0.6 is 11.3 Å². The molecular formula is C28H31FN2O4S. The fourth-order valence-electron chi connectivity index (χ4n) is 4.65. The highest BCUT2D eigenvalue weighted by Crippen LogP contribution is 2.35. The van der Waals surface area contributed by atoms with E-state index in [2.05, 4.69) is 5.32 Å². The molecule has 4 rings (SSSR count). The van der Waals surface area contributed by atoms with Gasteiger partial charge in [0.25, 0.3) is 0 Å². The van der Waals surface area contributed by atoms with Crippen LogP contribution in [0.5, 0.6) is 11.5 Å². The van der Waals surface area contributed by atoms with Crippen LogP contribution in [0.1, 0.15) is 48.6 Å². The number of halogens is 1. The molecule has 0 aliphatic heterocycles. The van der Waals surface area contributed by atoms with Crippen molar-refractivity contribution in [1.29, 1.82) is 0 Å².